The summed E-state index contributed by atoms with van der Waals surface area (Å²) in [5.41, 5.74) is 0. The predicted octanol–water partition coefficient (Wildman–Crippen LogP) is -0.465. The summed E-state index contributed by atoms with van der Waals surface area (Å²) in [4.78, 5) is 2.37. The van der Waals surface area contributed by atoms with E-state index >= 15 is 0 Å². The number of fused-ring (bicyclic) bond motifs is 1. The maximum atomic E-state index is 9.72. The molecule has 0 saturated carbocycles. The van der Waals surface area contributed by atoms with Crippen molar-refractivity contribution < 1.29 is 9.84 Å². The van der Waals surface area contributed by atoms with Crippen LogP contribution in [0.1, 0.15) is 6.92 Å². The van der Waals surface area contributed by atoms with Crippen LogP contribution in [-0.4, -0.2) is 62.0 Å². The van der Waals surface area contributed by atoms with E-state index in [1.807, 2.05) is 6.92 Å². The van der Waals surface area contributed by atoms with Crippen LogP contribution in [0.2, 0.25) is 0 Å². The highest BCUT2D eigenvalue weighted by molar-refractivity contribution is 4.91. The van der Waals surface area contributed by atoms with E-state index in [9.17, 15) is 5.11 Å². The quantitative estimate of drug-likeness (QED) is 0.650. The number of likely N-dealkylation sites (tertiary alicyclic amines) is 1. The fraction of sp³-hybridized carbons (Fsp3) is 1.00. The van der Waals surface area contributed by atoms with Crippen molar-refractivity contribution in [3.63, 3.8) is 0 Å². The number of nitrogens with one attached hydrogen (secondary N) is 1. The van der Waals surface area contributed by atoms with Gasteiger partial charge in [0.25, 0.3) is 0 Å². The van der Waals surface area contributed by atoms with Gasteiger partial charge in [-0.15, -0.1) is 0 Å². The van der Waals surface area contributed by atoms with Gasteiger partial charge in [0.2, 0.25) is 0 Å². The molecule has 0 spiro atoms. The third-order valence-corrected chi connectivity index (χ3v) is 3.45. The monoisotopic (exact) mass is 214 g/mol. The molecule has 0 aliphatic carbocycles. The minimum Gasteiger partial charge on any atom is -0.389 e. The summed E-state index contributed by atoms with van der Waals surface area (Å²) >= 11 is 0. The van der Waals surface area contributed by atoms with Crippen LogP contribution in [0.25, 0.3) is 0 Å². The van der Waals surface area contributed by atoms with Gasteiger partial charge in [0.15, 0.2) is 0 Å². The molecular formula is C11H22N2O2. The summed E-state index contributed by atoms with van der Waals surface area (Å²) in [6, 6.07) is 0. The van der Waals surface area contributed by atoms with E-state index in [4.69, 9.17) is 4.74 Å². The van der Waals surface area contributed by atoms with Gasteiger partial charge in [-0.25, -0.2) is 0 Å². The van der Waals surface area contributed by atoms with E-state index in [-0.39, 0.29) is 6.10 Å². The summed E-state index contributed by atoms with van der Waals surface area (Å²) in [5, 5.41) is 13.1. The molecule has 4 heteroatoms. The summed E-state index contributed by atoms with van der Waals surface area (Å²) < 4.78 is 5.21. The van der Waals surface area contributed by atoms with Crippen LogP contribution in [0.15, 0.2) is 0 Å². The molecule has 2 aliphatic heterocycles. The maximum Gasteiger partial charge on any atom is 0.0900 e. The van der Waals surface area contributed by atoms with Gasteiger partial charge in [-0.1, -0.05) is 0 Å². The second kappa shape index (κ2) is 5.25. The average Bonchev–Trinajstić information content (AvgIpc) is 2.74. The van der Waals surface area contributed by atoms with Gasteiger partial charge >= 0.3 is 0 Å². The smallest absolute Gasteiger partial charge is 0.0900 e. The Morgan fingerprint density at radius 3 is 2.67 bits per heavy atom. The van der Waals surface area contributed by atoms with Gasteiger partial charge in [-0.05, 0) is 31.8 Å². The number of hydrogen-bond acceptors (Lipinski definition) is 4. The van der Waals surface area contributed by atoms with E-state index in [1.54, 1.807) is 0 Å². The molecule has 88 valence electrons. The Bertz CT molecular complexity index is 189. The number of rotatable bonds is 5. The molecule has 0 aromatic heterocycles. The Hall–Kier alpha value is -0.160. The first-order chi connectivity index (χ1) is 7.29. The summed E-state index contributed by atoms with van der Waals surface area (Å²) in [5.74, 6) is 1.62. The van der Waals surface area contributed by atoms with Gasteiger partial charge in [-0.2, -0.15) is 0 Å². The molecule has 0 radical (unpaired) electrons. The van der Waals surface area contributed by atoms with Gasteiger partial charge in [0.1, 0.15) is 0 Å². The van der Waals surface area contributed by atoms with Crippen LogP contribution in [0.5, 0.6) is 0 Å². The third kappa shape index (κ3) is 2.91. The van der Waals surface area contributed by atoms with E-state index in [0.717, 1.165) is 44.6 Å². The number of β-amino-alcohol motifs (C(OH)–C–C–N with tert-alkyl or cyclic N) is 1. The predicted molar refractivity (Wildman–Crippen MR) is 58.8 cm³/mol. The summed E-state index contributed by atoms with van der Waals surface area (Å²) in [6.07, 6.45) is -0.322. The van der Waals surface area contributed by atoms with Crippen molar-refractivity contribution in [1.29, 1.82) is 0 Å². The zero-order valence-corrected chi connectivity index (χ0v) is 9.48. The molecule has 2 aliphatic rings. The second-order valence-electron chi connectivity index (χ2n) is 4.71. The van der Waals surface area contributed by atoms with Crippen molar-refractivity contribution in [3.05, 3.63) is 0 Å². The zero-order chi connectivity index (χ0) is 10.7. The minimum absolute atomic E-state index is 0.322. The van der Waals surface area contributed by atoms with Crippen LogP contribution in [0.4, 0.5) is 0 Å². The molecule has 2 rings (SSSR count). The van der Waals surface area contributed by atoms with Crippen molar-refractivity contribution in [1.82, 2.24) is 10.2 Å². The van der Waals surface area contributed by atoms with Crippen LogP contribution >= 0.6 is 0 Å². The molecule has 0 aromatic carbocycles. The van der Waals surface area contributed by atoms with Crippen LogP contribution in [0.3, 0.4) is 0 Å². The molecule has 2 fully saturated rings. The van der Waals surface area contributed by atoms with Crippen LogP contribution in [0, 0.1) is 11.8 Å². The fourth-order valence-electron chi connectivity index (χ4n) is 2.71. The van der Waals surface area contributed by atoms with Crippen LogP contribution < -0.4 is 5.32 Å². The number of nitrogens with zero attached hydrogens (tertiary/aromatic N) is 1. The zero-order valence-electron chi connectivity index (χ0n) is 9.48. The number of hydrogen-bond donors (Lipinski definition) is 2. The molecule has 2 heterocycles. The molecule has 0 amide bonds. The molecule has 2 N–H and O–H groups in total. The first kappa shape index (κ1) is 11.3. The van der Waals surface area contributed by atoms with Crippen molar-refractivity contribution >= 4 is 0 Å². The van der Waals surface area contributed by atoms with Gasteiger partial charge < -0.3 is 20.1 Å². The Balaban J connectivity index is 1.68. The van der Waals surface area contributed by atoms with Crippen LogP contribution in [-0.2, 0) is 4.74 Å². The largest absolute Gasteiger partial charge is 0.389 e. The van der Waals surface area contributed by atoms with E-state index < -0.39 is 0 Å². The average molecular weight is 214 g/mol. The molecule has 15 heavy (non-hydrogen) atoms. The van der Waals surface area contributed by atoms with Gasteiger partial charge in [0, 0.05) is 26.2 Å². The van der Waals surface area contributed by atoms with Gasteiger partial charge in [0.05, 0.1) is 12.7 Å². The molecule has 3 unspecified atom stereocenters. The lowest BCUT2D eigenvalue weighted by molar-refractivity contribution is 0.0240. The first-order valence-corrected chi connectivity index (χ1v) is 5.98. The lowest BCUT2D eigenvalue weighted by Gasteiger charge is -2.20. The Morgan fingerprint density at radius 2 is 2.07 bits per heavy atom. The van der Waals surface area contributed by atoms with Crippen molar-refractivity contribution in [2.75, 3.05) is 45.9 Å². The standard InChI is InChI=1S/C11H22N2O2/c1-2-15-8-11(14)7-13-5-9-3-12-4-10(9)6-13/h9-12,14H,2-8H2,1H3. The Kier molecular flexibility index (Phi) is 3.97. The van der Waals surface area contributed by atoms with Gasteiger partial charge in [-0.3, -0.25) is 0 Å². The highest BCUT2D eigenvalue weighted by Crippen LogP contribution is 2.26. The molecule has 0 aromatic rings. The van der Waals surface area contributed by atoms with E-state index in [2.05, 4.69) is 10.2 Å². The SMILES string of the molecule is CCOCC(O)CN1CC2CNCC2C1. The van der Waals surface area contributed by atoms with Crippen molar-refractivity contribution in [2.45, 2.75) is 13.0 Å². The normalized spacial score (nSPS) is 33.2. The minimum atomic E-state index is -0.322. The van der Waals surface area contributed by atoms with Crippen molar-refractivity contribution in [3.8, 4) is 0 Å². The Morgan fingerprint density at radius 1 is 1.40 bits per heavy atom. The van der Waals surface area contributed by atoms with E-state index in [1.165, 1.54) is 0 Å². The number of aliphatic hydroxyl groups excluding tert-OH is 1. The number of aliphatic hydroxyl groups is 1. The lowest BCUT2D eigenvalue weighted by Crippen LogP contribution is -2.35. The lowest BCUT2D eigenvalue weighted by atomic mass is 10.0. The Labute approximate surface area is 91.6 Å². The topological polar surface area (TPSA) is 44.7 Å². The van der Waals surface area contributed by atoms with E-state index in [0.29, 0.717) is 13.2 Å². The molecule has 3 atom stereocenters. The second-order valence-corrected chi connectivity index (χ2v) is 4.71. The van der Waals surface area contributed by atoms with Crippen molar-refractivity contribution in [2.24, 2.45) is 11.8 Å². The molecular weight excluding hydrogens is 192 g/mol. The maximum absolute atomic E-state index is 9.72. The first-order valence-electron chi connectivity index (χ1n) is 5.98. The highest BCUT2D eigenvalue weighted by Gasteiger charge is 2.36. The highest BCUT2D eigenvalue weighted by atomic mass is 16.5. The molecule has 2 saturated heterocycles. The summed E-state index contributed by atoms with van der Waals surface area (Å²) in [7, 11) is 0. The third-order valence-electron chi connectivity index (χ3n) is 3.45. The molecule has 0 bridgehead atoms. The number of ether oxygens (including phenoxy) is 1. The molecule has 4 nitrogen and oxygen atoms in total. The summed E-state index contributed by atoms with van der Waals surface area (Å²) in [6.45, 7) is 8.48. The fourth-order valence-corrected chi connectivity index (χ4v) is 2.71.